The third kappa shape index (κ3) is 2.77. The fraction of sp³-hybridized carbons (Fsp3) is 0. The van der Waals surface area contributed by atoms with Crippen LogP contribution >= 0.6 is 23.7 Å². The number of para-hydroxylation sites is 1. The van der Waals surface area contributed by atoms with Crippen molar-refractivity contribution in [2.24, 2.45) is 0 Å². The number of nitrogens with zero attached hydrogens (tertiary/aromatic N) is 1. The van der Waals surface area contributed by atoms with Gasteiger partial charge in [0.15, 0.2) is 16.7 Å². The quantitative estimate of drug-likeness (QED) is 0.693. The first kappa shape index (κ1) is 13.6. The van der Waals surface area contributed by atoms with Gasteiger partial charge in [0.1, 0.15) is 0 Å². The molecule has 98 valence electrons. The summed E-state index contributed by atoms with van der Waals surface area (Å²) in [6, 6.07) is 11.9. The molecule has 0 spiro atoms. The topological polar surface area (TPSA) is 45.1 Å². The Hall–Kier alpha value is -1.85. The van der Waals surface area contributed by atoms with Crippen LogP contribution in [0.25, 0.3) is 10.2 Å². The number of phenols is 1. The average molecular weight is 297 g/mol. The molecule has 1 aromatic heterocycles. The second-order valence-electron chi connectivity index (χ2n) is 3.78. The summed E-state index contributed by atoms with van der Waals surface area (Å²) in [4.78, 5) is 4.38. The summed E-state index contributed by atoms with van der Waals surface area (Å²) in [5, 5.41) is 12.8. The standard InChI is InChI=1S/C13H9FN2OS.ClH/c14-9-7-8(5-6-11(9)17)15-13-16-10-3-1-2-4-12(10)18-13;/h1-7,17H,(H,15,16);1H. The second kappa shape index (κ2) is 5.42. The molecule has 0 saturated heterocycles. The molecule has 0 fully saturated rings. The third-order valence-corrected chi connectivity index (χ3v) is 3.44. The lowest BCUT2D eigenvalue weighted by Crippen LogP contribution is -1.89. The Morgan fingerprint density at radius 2 is 1.95 bits per heavy atom. The zero-order chi connectivity index (χ0) is 12.5. The van der Waals surface area contributed by atoms with Crippen LogP contribution in [0.5, 0.6) is 5.75 Å². The summed E-state index contributed by atoms with van der Waals surface area (Å²) in [7, 11) is 0. The smallest absolute Gasteiger partial charge is 0.188 e. The normalized spacial score (nSPS) is 10.2. The van der Waals surface area contributed by atoms with Crippen molar-refractivity contribution in [2.45, 2.75) is 0 Å². The number of fused-ring (bicyclic) bond motifs is 1. The number of anilines is 2. The Kier molecular flexibility index (Phi) is 3.87. The molecule has 19 heavy (non-hydrogen) atoms. The van der Waals surface area contributed by atoms with Gasteiger partial charge in [-0.15, -0.1) is 12.4 Å². The van der Waals surface area contributed by atoms with E-state index in [1.54, 1.807) is 6.07 Å². The minimum Gasteiger partial charge on any atom is -0.505 e. The van der Waals surface area contributed by atoms with Gasteiger partial charge in [0.2, 0.25) is 0 Å². The second-order valence-corrected chi connectivity index (χ2v) is 4.81. The highest BCUT2D eigenvalue weighted by Gasteiger charge is 2.05. The summed E-state index contributed by atoms with van der Waals surface area (Å²) in [6.07, 6.45) is 0. The molecule has 0 atom stereocenters. The number of aromatic nitrogens is 1. The first-order valence-electron chi connectivity index (χ1n) is 5.33. The van der Waals surface area contributed by atoms with Crippen molar-refractivity contribution in [1.82, 2.24) is 4.98 Å². The largest absolute Gasteiger partial charge is 0.505 e. The lowest BCUT2D eigenvalue weighted by atomic mass is 10.3. The van der Waals surface area contributed by atoms with Gasteiger partial charge < -0.3 is 10.4 Å². The first-order chi connectivity index (χ1) is 8.72. The van der Waals surface area contributed by atoms with Gasteiger partial charge in [-0.1, -0.05) is 23.5 Å². The SMILES string of the molecule is Cl.Oc1ccc(Nc2nc3ccccc3s2)cc1F. The van der Waals surface area contributed by atoms with Crippen LogP contribution in [0.15, 0.2) is 42.5 Å². The average Bonchev–Trinajstić information content (AvgIpc) is 2.76. The molecule has 1 heterocycles. The first-order valence-corrected chi connectivity index (χ1v) is 6.15. The van der Waals surface area contributed by atoms with Crippen LogP contribution in [0.1, 0.15) is 0 Å². The van der Waals surface area contributed by atoms with Gasteiger partial charge in [0, 0.05) is 11.8 Å². The lowest BCUT2D eigenvalue weighted by molar-refractivity contribution is 0.432. The van der Waals surface area contributed by atoms with E-state index in [1.807, 2.05) is 24.3 Å². The van der Waals surface area contributed by atoms with Crippen molar-refractivity contribution in [2.75, 3.05) is 5.32 Å². The molecule has 3 nitrogen and oxygen atoms in total. The molecule has 0 aliphatic carbocycles. The molecule has 0 saturated carbocycles. The van der Waals surface area contributed by atoms with Gasteiger partial charge in [-0.25, -0.2) is 9.37 Å². The lowest BCUT2D eigenvalue weighted by Gasteiger charge is -2.02. The third-order valence-electron chi connectivity index (χ3n) is 2.49. The maximum atomic E-state index is 13.2. The van der Waals surface area contributed by atoms with E-state index in [2.05, 4.69) is 10.3 Å². The van der Waals surface area contributed by atoms with Crippen molar-refractivity contribution in [3.05, 3.63) is 48.3 Å². The number of aromatic hydroxyl groups is 1. The van der Waals surface area contributed by atoms with Gasteiger partial charge in [-0.05, 0) is 24.3 Å². The van der Waals surface area contributed by atoms with E-state index < -0.39 is 5.82 Å². The highest BCUT2D eigenvalue weighted by Crippen LogP contribution is 2.29. The fourth-order valence-electron chi connectivity index (χ4n) is 1.63. The molecule has 6 heteroatoms. The molecule has 0 aliphatic rings. The van der Waals surface area contributed by atoms with Gasteiger partial charge in [0.25, 0.3) is 0 Å². The number of phenolic OH excluding ortho intramolecular Hbond substituents is 1. The van der Waals surface area contributed by atoms with Crippen LogP contribution < -0.4 is 5.32 Å². The molecule has 0 unspecified atom stereocenters. The Bertz CT molecular complexity index is 684. The molecular weight excluding hydrogens is 287 g/mol. The van der Waals surface area contributed by atoms with Gasteiger partial charge >= 0.3 is 0 Å². The Balaban J connectivity index is 0.00000133. The van der Waals surface area contributed by atoms with E-state index in [4.69, 9.17) is 5.11 Å². The van der Waals surface area contributed by atoms with Crippen molar-refractivity contribution >= 4 is 44.8 Å². The Morgan fingerprint density at radius 3 is 2.68 bits per heavy atom. The molecule has 0 radical (unpaired) electrons. The van der Waals surface area contributed by atoms with Gasteiger partial charge in [-0.3, -0.25) is 0 Å². The van der Waals surface area contributed by atoms with Gasteiger partial charge in [0.05, 0.1) is 10.2 Å². The molecule has 2 N–H and O–H groups in total. The van der Waals surface area contributed by atoms with Crippen LogP contribution in [0, 0.1) is 5.82 Å². The number of halogens is 2. The van der Waals surface area contributed by atoms with E-state index >= 15 is 0 Å². The predicted octanol–water partition coefficient (Wildman–Crippen LogP) is 4.31. The molecule has 3 aromatic rings. The van der Waals surface area contributed by atoms with E-state index in [0.717, 1.165) is 10.2 Å². The summed E-state index contributed by atoms with van der Waals surface area (Å²) in [5.41, 5.74) is 1.47. The summed E-state index contributed by atoms with van der Waals surface area (Å²) in [6.45, 7) is 0. The number of rotatable bonds is 2. The van der Waals surface area contributed by atoms with Crippen molar-refractivity contribution < 1.29 is 9.50 Å². The monoisotopic (exact) mass is 296 g/mol. The van der Waals surface area contributed by atoms with Crippen molar-refractivity contribution in [3.63, 3.8) is 0 Å². The minimum absolute atomic E-state index is 0. The summed E-state index contributed by atoms with van der Waals surface area (Å²) >= 11 is 1.49. The van der Waals surface area contributed by atoms with E-state index in [1.165, 1.54) is 23.5 Å². The highest BCUT2D eigenvalue weighted by atomic mass is 35.5. The Morgan fingerprint density at radius 1 is 1.16 bits per heavy atom. The molecule has 0 bridgehead atoms. The number of thiazole rings is 1. The fourth-order valence-corrected chi connectivity index (χ4v) is 2.52. The van der Waals surface area contributed by atoms with E-state index in [-0.39, 0.29) is 18.2 Å². The molecule has 2 aromatic carbocycles. The zero-order valence-corrected chi connectivity index (χ0v) is 11.3. The van der Waals surface area contributed by atoms with E-state index in [0.29, 0.717) is 10.8 Å². The Labute approximate surface area is 119 Å². The van der Waals surface area contributed by atoms with Crippen LogP contribution in [0.3, 0.4) is 0 Å². The summed E-state index contributed by atoms with van der Waals surface area (Å²) in [5.74, 6) is -1.01. The molecular formula is C13H10ClFN2OS. The van der Waals surface area contributed by atoms with E-state index in [9.17, 15) is 4.39 Å². The molecule has 0 aliphatic heterocycles. The van der Waals surface area contributed by atoms with Crippen LogP contribution in [-0.4, -0.2) is 10.1 Å². The van der Waals surface area contributed by atoms with Gasteiger partial charge in [-0.2, -0.15) is 0 Å². The number of hydrogen-bond acceptors (Lipinski definition) is 4. The predicted molar refractivity (Wildman–Crippen MR) is 78.2 cm³/mol. The zero-order valence-electron chi connectivity index (χ0n) is 9.63. The number of hydrogen-bond donors (Lipinski definition) is 2. The molecule has 0 amide bonds. The number of nitrogens with one attached hydrogen (secondary N) is 1. The summed E-state index contributed by atoms with van der Waals surface area (Å²) < 4.78 is 14.2. The number of benzene rings is 2. The molecule has 3 rings (SSSR count). The van der Waals surface area contributed by atoms with Crippen LogP contribution in [0.2, 0.25) is 0 Å². The maximum Gasteiger partial charge on any atom is 0.188 e. The minimum atomic E-state index is -0.652. The highest BCUT2D eigenvalue weighted by molar-refractivity contribution is 7.22. The van der Waals surface area contributed by atoms with Crippen LogP contribution in [-0.2, 0) is 0 Å². The van der Waals surface area contributed by atoms with Crippen LogP contribution in [0.4, 0.5) is 15.2 Å². The maximum absolute atomic E-state index is 13.2. The van der Waals surface area contributed by atoms with Crippen molar-refractivity contribution in [3.8, 4) is 5.75 Å². The van der Waals surface area contributed by atoms with Crippen molar-refractivity contribution in [1.29, 1.82) is 0 Å².